The molecule has 4 heteroatoms. The van der Waals surface area contributed by atoms with Gasteiger partial charge in [-0.25, -0.2) is 0 Å². The van der Waals surface area contributed by atoms with Gasteiger partial charge in [-0.15, -0.1) is 0 Å². The van der Waals surface area contributed by atoms with E-state index in [1.807, 2.05) is 24.3 Å². The summed E-state index contributed by atoms with van der Waals surface area (Å²) in [6, 6.07) is 59.1. The van der Waals surface area contributed by atoms with E-state index < -0.39 is 0 Å². The second-order valence-electron chi connectivity index (χ2n) is 14.1. The maximum absolute atomic E-state index is 10.1. The predicted octanol–water partition coefficient (Wildman–Crippen LogP) is 13.9. The van der Waals surface area contributed by atoms with E-state index >= 15 is 0 Å². The topological polar surface area (TPSA) is 54.1 Å². The molecule has 270 valence electrons. The molecule has 7 rings (SSSR count). The molecule has 4 nitrogen and oxygen atoms in total. The van der Waals surface area contributed by atoms with Gasteiger partial charge in [-0.1, -0.05) is 119 Å². The highest BCUT2D eigenvalue weighted by atomic mass is 15.1. The molecule has 0 N–H and O–H groups in total. The summed E-state index contributed by atoms with van der Waals surface area (Å²) >= 11 is 0. The zero-order valence-electron chi connectivity index (χ0n) is 32.1. The average molecular weight is 723 g/mol. The van der Waals surface area contributed by atoms with Crippen molar-refractivity contribution in [2.75, 3.05) is 9.80 Å². The molecular weight excluding hydrogens is 681 g/mol. The molecule has 0 bridgehead atoms. The lowest BCUT2D eigenvalue weighted by Crippen LogP contribution is -2.09. The van der Waals surface area contributed by atoms with Gasteiger partial charge in [0.25, 0.3) is 0 Å². The molecule has 0 radical (unpaired) electrons. The van der Waals surface area contributed by atoms with E-state index in [-0.39, 0.29) is 0 Å². The minimum absolute atomic E-state index is 0.503. The van der Waals surface area contributed by atoms with E-state index in [0.717, 1.165) is 45.3 Å². The van der Waals surface area contributed by atoms with Gasteiger partial charge in [-0.2, -0.15) is 10.5 Å². The fourth-order valence-corrected chi connectivity index (χ4v) is 6.61. The monoisotopic (exact) mass is 722 g/mol. The van der Waals surface area contributed by atoms with Crippen LogP contribution in [0.3, 0.4) is 0 Å². The Balaban J connectivity index is 1.11. The third kappa shape index (κ3) is 8.53. The Hall–Kier alpha value is -7.40. The normalized spacial score (nSPS) is 11.0. The van der Waals surface area contributed by atoms with Crippen molar-refractivity contribution in [2.45, 2.75) is 27.7 Å². The Bertz CT molecular complexity index is 2310. The summed E-state index contributed by atoms with van der Waals surface area (Å²) in [4.78, 5) is 4.48. The summed E-state index contributed by atoms with van der Waals surface area (Å²) in [6.07, 6.45) is 7.78. The van der Waals surface area contributed by atoms with Crippen LogP contribution in [0.2, 0.25) is 0 Å². The molecule has 0 atom stereocenters. The number of benzene rings is 7. The second kappa shape index (κ2) is 16.7. The Morgan fingerprint density at radius 1 is 0.339 bits per heavy atom. The summed E-state index contributed by atoms with van der Waals surface area (Å²) in [5.41, 5.74) is 15.6. The van der Waals surface area contributed by atoms with E-state index in [1.165, 1.54) is 22.3 Å². The van der Waals surface area contributed by atoms with Crippen LogP contribution in [0.4, 0.5) is 34.1 Å². The summed E-state index contributed by atoms with van der Waals surface area (Å²) < 4.78 is 0. The molecule has 0 unspecified atom stereocenters. The minimum Gasteiger partial charge on any atom is -0.311 e. The molecule has 0 amide bonds. The average Bonchev–Trinajstić information content (AvgIpc) is 3.23. The molecule has 0 aliphatic heterocycles. The SMILES string of the molecule is Cc1ccc(N(c2ccc(C)cc2)c2ccc(C=Cc3cc(C#N)c(C=Cc4ccc(N(c5ccc(C)cc5)c5ccc(C)cc5)cc4)cc3C#N)cc2)cc1. The maximum Gasteiger partial charge on any atom is 0.0998 e. The summed E-state index contributed by atoms with van der Waals surface area (Å²) in [5.74, 6) is 0. The Labute approximate surface area is 330 Å². The first-order valence-corrected chi connectivity index (χ1v) is 18.7. The predicted molar refractivity (Wildman–Crippen MR) is 235 cm³/mol. The van der Waals surface area contributed by atoms with Gasteiger partial charge in [0.05, 0.1) is 23.3 Å². The first-order valence-electron chi connectivity index (χ1n) is 18.7. The van der Waals surface area contributed by atoms with Crippen LogP contribution in [0.5, 0.6) is 0 Å². The zero-order chi connectivity index (χ0) is 39.0. The summed E-state index contributed by atoms with van der Waals surface area (Å²) in [5, 5.41) is 20.3. The molecular formula is C52H42N4. The number of anilines is 6. The highest BCUT2D eigenvalue weighted by Crippen LogP contribution is 2.36. The number of hydrogen-bond donors (Lipinski definition) is 0. The Kier molecular flexibility index (Phi) is 11.0. The van der Waals surface area contributed by atoms with Crippen LogP contribution in [0.1, 0.15) is 55.6 Å². The van der Waals surface area contributed by atoms with E-state index in [0.29, 0.717) is 22.3 Å². The lowest BCUT2D eigenvalue weighted by molar-refractivity contribution is 1.27. The molecule has 0 spiro atoms. The third-order valence-electron chi connectivity index (χ3n) is 9.84. The minimum atomic E-state index is 0.503. The smallest absolute Gasteiger partial charge is 0.0998 e. The van der Waals surface area contributed by atoms with Gasteiger partial charge in [-0.3, -0.25) is 0 Å². The van der Waals surface area contributed by atoms with Crippen LogP contribution in [-0.2, 0) is 0 Å². The molecule has 0 saturated heterocycles. The number of rotatable bonds is 10. The third-order valence-corrected chi connectivity index (χ3v) is 9.84. The number of hydrogen-bond acceptors (Lipinski definition) is 4. The zero-order valence-corrected chi connectivity index (χ0v) is 32.1. The number of aryl methyl sites for hydroxylation is 4. The van der Waals surface area contributed by atoms with Gasteiger partial charge < -0.3 is 9.80 Å². The molecule has 0 aromatic heterocycles. The number of nitriles is 2. The van der Waals surface area contributed by atoms with Crippen molar-refractivity contribution in [1.82, 2.24) is 0 Å². The van der Waals surface area contributed by atoms with E-state index in [1.54, 1.807) is 12.1 Å². The fourth-order valence-electron chi connectivity index (χ4n) is 6.61. The molecule has 0 aliphatic carbocycles. The van der Waals surface area contributed by atoms with Crippen LogP contribution in [0.15, 0.2) is 158 Å². The quantitative estimate of drug-likeness (QED) is 0.132. The van der Waals surface area contributed by atoms with Crippen LogP contribution in [-0.4, -0.2) is 0 Å². The molecule has 7 aromatic rings. The van der Waals surface area contributed by atoms with Crippen LogP contribution < -0.4 is 9.80 Å². The Morgan fingerprint density at radius 3 is 0.804 bits per heavy atom. The molecule has 0 aliphatic rings. The van der Waals surface area contributed by atoms with Gasteiger partial charge in [0.2, 0.25) is 0 Å². The van der Waals surface area contributed by atoms with Gasteiger partial charge >= 0.3 is 0 Å². The first kappa shape index (κ1) is 36.9. The van der Waals surface area contributed by atoms with Gasteiger partial charge in [0.15, 0.2) is 0 Å². The molecule has 7 aromatic carbocycles. The van der Waals surface area contributed by atoms with E-state index in [2.05, 4.69) is 195 Å². The summed E-state index contributed by atoms with van der Waals surface area (Å²) in [7, 11) is 0. The molecule has 0 fully saturated rings. The van der Waals surface area contributed by atoms with Gasteiger partial charge in [0.1, 0.15) is 0 Å². The fraction of sp³-hybridized carbons (Fsp3) is 0.0769. The first-order chi connectivity index (χ1) is 27.3. The lowest BCUT2D eigenvalue weighted by atomic mass is 9.97. The van der Waals surface area contributed by atoms with Crippen molar-refractivity contribution in [2.24, 2.45) is 0 Å². The number of nitrogens with zero attached hydrogens (tertiary/aromatic N) is 4. The van der Waals surface area contributed by atoms with Gasteiger partial charge in [0, 0.05) is 34.1 Å². The molecule has 0 heterocycles. The summed E-state index contributed by atoms with van der Waals surface area (Å²) in [6.45, 7) is 8.37. The van der Waals surface area contributed by atoms with Crippen molar-refractivity contribution < 1.29 is 0 Å². The van der Waals surface area contributed by atoms with Crippen LogP contribution in [0.25, 0.3) is 24.3 Å². The van der Waals surface area contributed by atoms with Crippen molar-refractivity contribution in [3.8, 4) is 12.1 Å². The van der Waals surface area contributed by atoms with Crippen LogP contribution in [0, 0.1) is 50.4 Å². The van der Waals surface area contributed by atoms with E-state index in [4.69, 9.17) is 0 Å². The highest BCUT2D eigenvalue weighted by molar-refractivity contribution is 5.82. The molecule has 56 heavy (non-hydrogen) atoms. The van der Waals surface area contributed by atoms with Gasteiger partial charge in [-0.05, 0) is 135 Å². The second-order valence-corrected chi connectivity index (χ2v) is 14.1. The lowest BCUT2D eigenvalue weighted by Gasteiger charge is -2.26. The molecule has 0 saturated carbocycles. The van der Waals surface area contributed by atoms with Crippen molar-refractivity contribution in [3.63, 3.8) is 0 Å². The van der Waals surface area contributed by atoms with E-state index in [9.17, 15) is 10.5 Å². The largest absolute Gasteiger partial charge is 0.311 e. The highest BCUT2D eigenvalue weighted by Gasteiger charge is 2.14. The maximum atomic E-state index is 10.1. The van der Waals surface area contributed by atoms with Crippen LogP contribution >= 0.6 is 0 Å². The van der Waals surface area contributed by atoms with Crippen molar-refractivity contribution in [1.29, 1.82) is 10.5 Å². The van der Waals surface area contributed by atoms with Crippen molar-refractivity contribution >= 4 is 58.4 Å². The standard InChI is InChI=1S/C52H42N4/c1-37-5-21-47(22-6-37)55(48-23-7-38(2)8-24-48)51-29-15-41(16-30-51)13-19-43-33-46(36-54)44(34-45(43)35-53)20-14-42-17-31-52(32-18-42)56(49-25-9-39(3)10-26-49)50-27-11-40(4)12-28-50/h5-34H,1-4H3. The Morgan fingerprint density at radius 2 is 0.571 bits per heavy atom. The van der Waals surface area contributed by atoms with Crippen molar-refractivity contribution in [3.05, 3.63) is 213 Å².